The molecule has 0 aromatic heterocycles. The zero-order valence-electron chi connectivity index (χ0n) is 22.9. The summed E-state index contributed by atoms with van der Waals surface area (Å²) in [5.74, 6) is 0.565. The second-order valence-corrected chi connectivity index (χ2v) is 10.8. The summed E-state index contributed by atoms with van der Waals surface area (Å²) in [5.41, 5.74) is 0. The van der Waals surface area contributed by atoms with Gasteiger partial charge in [0.15, 0.2) is 0 Å². The van der Waals surface area contributed by atoms with Crippen molar-refractivity contribution in [1.82, 2.24) is 0 Å². The molecule has 0 amide bonds. The van der Waals surface area contributed by atoms with Gasteiger partial charge < -0.3 is 0 Å². The van der Waals surface area contributed by atoms with E-state index in [1.165, 1.54) is 54.7 Å². The van der Waals surface area contributed by atoms with Crippen LogP contribution in [0.3, 0.4) is 0 Å². The Labute approximate surface area is 257 Å². The Kier molecular flexibility index (Phi) is 13.1. The molecule has 3 rings (SSSR count). The summed E-state index contributed by atoms with van der Waals surface area (Å²) in [4.78, 5) is 35.4. The molecule has 3 aromatic rings. The first-order chi connectivity index (χ1) is 20.9. The first-order valence-electron chi connectivity index (χ1n) is 12.6. The SMILES string of the molecule is C=CC=CC(=O)Oc1ccc([O][Sb]([O]c2ccc(OC(=O)C=CC=C)cc2)[O]c2ccc(OC(=O)C=CC=C)cc2)cc1. The normalized spacial score (nSPS) is 10.8. The van der Waals surface area contributed by atoms with Gasteiger partial charge in [0.25, 0.3) is 0 Å². The molecule has 0 spiro atoms. The number of esters is 3. The molecule has 9 nitrogen and oxygen atoms in total. The van der Waals surface area contributed by atoms with Crippen molar-refractivity contribution >= 4 is 39.4 Å². The topological polar surface area (TPSA) is 107 Å². The van der Waals surface area contributed by atoms with Crippen LogP contribution in [0.2, 0.25) is 0 Å². The molecule has 43 heavy (non-hydrogen) atoms. The Balaban J connectivity index is 1.73. The van der Waals surface area contributed by atoms with E-state index in [0.29, 0.717) is 34.5 Å². The number of ether oxygens (including phenoxy) is 3. The van der Waals surface area contributed by atoms with Gasteiger partial charge in [-0.15, -0.1) is 0 Å². The van der Waals surface area contributed by atoms with Gasteiger partial charge in [-0.25, -0.2) is 0 Å². The Bertz CT molecular complexity index is 1320. The Morgan fingerprint density at radius 2 is 0.674 bits per heavy atom. The summed E-state index contributed by atoms with van der Waals surface area (Å²) < 4.78 is 33.9. The Morgan fingerprint density at radius 3 is 0.907 bits per heavy atom. The van der Waals surface area contributed by atoms with Gasteiger partial charge in [-0.05, 0) is 0 Å². The monoisotopic (exact) mass is 688 g/mol. The predicted molar refractivity (Wildman–Crippen MR) is 162 cm³/mol. The van der Waals surface area contributed by atoms with Crippen LogP contribution < -0.4 is 23.3 Å². The summed E-state index contributed by atoms with van der Waals surface area (Å²) in [7, 11) is 0. The number of hydrogen-bond donors (Lipinski definition) is 0. The predicted octanol–water partition coefficient (Wildman–Crippen LogP) is 6.15. The van der Waals surface area contributed by atoms with Crippen LogP contribution in [0.1, 0.15) is 0 Å². The maximum absolute atomic E-state index is 11.8. The van der Waals surface area contributed by atoms with E-state index < -0.39 is 39.4 Å². The summed E-state index contributed by atoms with van der Waals surface area (Å²) >= 11 is -3.52. The molecule has 0 saturated heterocycles. The van der Waals surface area contributed by atoms with Gasteiger partial charge >= 0.3 is 259 Å². The van der Waals surface area contributed by atoms with Gasteiger partial charge in [0.05, 0.1) is 0 Å². The number of hydrogen-bond acceptors (Lipinski definition) is 9. The van der Waals surface area contributed by atoms with Crippen LogP contribution in [0.4, 0.5) is 0 Å². The number of rotatable bonds is 15. The third kappa shape index (κ3) is 12.0. The van der Waals surface area contributed by atoms with Crippen molar-refractivity contribution in [3.8, 4) is 34.5 Å². The second kappa shape index (κ2) is 17.5. The first kappa shape index (κ1) is 32.2. The molecule has 10 heteroatoms. The number of allylic oxidation sites excluding steroid dienone is 6. The second-order valence-electron chi connectivity index (χ2n) is 7.96. The number of carbonyl (C=O) groups excluding carboxylic acids is 3. The van der Waals surface area contributed by atoms with Crippen molar-refractivity contribution in [1.29, 1.82) is 0 Å². The van der Waals surface area contributed by atoms with Crippen molar-refractivity contribution < 1.29 is 37.6 Å². The van der Waals surface area contributed by atoms with Crippen LogP contribution in [-0.2, 0) is 14.4 Å². The zero-order chi connectivity index (χ0) is 30.9. The van der Waals surface area contributed by atoms with E-state index in [2.05, 4.69) is 19.7 Å². The third-order valence-corrected chi connectivity index (χ3v) is 7.85. The van der Waals surface area contributed by atoms with E-state index in [-0.39, 0.29) is 0 Å². The van der Waals surface area contributed by atoms with Gasteiger partial charge in [-0.3, -0.25) is 0 Å². The van der Waals surface area contributed by atoms with Crippen LogP contribution >= 0.6 is 0 Å². The van der Waals surface area contributed by atoms with Crippen LogP contribution in [0.15, 0.2) is 147 Å². The average Bonchev–Trinajstić information content (AvgIpc) is 3.01. The molecule has 0 fully saturated rings. The molecule has 0 N–H and O–H groups in total. The van der Waals surface area contributed by atoms with Gasteiger partial charge in [0.2, 0.25) is 0 Å². The fourth-order valence-corrected chi connectivity index (χ4v) is 5.75. The van der Waals surface area contributed by atoms with Crippen molar-refractivity contribution in [3.05, 3.63) is 147 Å². The zero-order valence-corrected chi connectivity index (χ0v) is 25.4. The van der Waals surface area contributed by atoms with Crippen molar-refractivity contribution in [3.63, 3.8) is 0 Å². The fraction of sp³-hybridized carbons (Fsp3) is 0. The fourth-order valence-electron chi connectivity index (χ4n) is 2.91. The van der Waals surface area contributed by atoms with E-state index in [1.807, 2.05) is 0 Å². The van der Waals surface area contributed by atoms with Crippen LogP contribution in [0, 0.1) is 0 Å². The van der Waals surface area contributed by atoms with Gasteiger partial charge in [-0.2, -0.15) is 0 Å². The molecule has 0 bridgehead atoms. The van der Waals surface area contributed by atoms with Crippen LogP contribution in [0.25, 0.3) is 0 Å². The van der Waals surface area contributed by atoms with E-state index >= 15 is 0 Å². The standard InChI is InChI=1S/3C11H10O3.Sb/c3*1-2-3-4-11(13)14-10-7-5-9(12)6-8-10;/h3*2-8,12H,1H2;/q;;;+3/p-3. The maximum atomic E-state index is 11.8. The molecule has 0 unspecified atom stereocenters. The summed E-state index contributed by atoms with van der Waals surface area (Å²) in [6, 6.07) is 19.1. The molecule has 0 saturated carbocycles. The van der Waals surface area contributed by atoms with Crippen molar-refractivity contribution in [2.45, 2.75) is 0 Å². The first-order valence-corrected chi connectivity index (χ1v) is 15.7. The molecule has 0 atom stereocenters. The van der Waals surface area contributed by atoms with E-state index in [9.17, 15) is 14.4 Å². The van der Waals surface area contributed by atoms with Crippen LogP contribution in [0.5, 0.6) is 34.5 Å². The van der Waals surface area contributed by atoms with E-state index in [0.717, 1.165) is 0 Å². The minimum absolute atomic E-state index is 0.317. The van der Waals surface area contributed by atoms with Crippen molar-refractivity contribution in [2.24, 2.45) is 0 Å². The Morgan fingerprint density at radius 1 is 0.442 bits per heavy atom. The van der Waals surface area contributed by atoms with E-state index in [1.54, 1.807) is 72.8 Å². The molecule has 0 aliphatic carbocycles. The molecule has 3 aromatic carbocycles. The van der Waals surface area contributed by atoms with Gasteiger partial charge in [0.1, 0.15) is 0 Å². The Hall–Kier alpha value is -5.27. The van der Waals surface area contributed by atoms with Gasteiger partial charge in [-0.1, -0.05) is 0 Å². The number of carbonyl (C=O) groups is 3. The molecular weight excluding hydrogens is 662 g/mol. The molecule has 0 aliphatic heterocycles. The molecule has 0 radical (unpaired) electrons. The molecular formula is C33H27O9Sb. The third-order valence-electron chi connectivity index (χ3n) is 4.77. The van der Waals surface area contributed by atoms with Crippen LogP contribution in [-0.4, -0.2) is 39.4 Å². The van der Waals surface area contributed by atoms with Crippen molar-refractivity contribution in [2.75, 3.05) is 0 Å². The molecule has 218 valence electrons. The quantitative estimate of drug-likeness (QED) is 0.0611. The molecule has 0 heterocycles. The minimum atomic E-state index is -3.52. The summed E-state index contributed by atoms with van der Waals surface area (Å²) in [6.07, 6.45) is 12.6. The number of benzene rings is 3. The van der Waals surface area contributed by atoms with E-state index in [4.69, 9.17) is 23.3 Å². The summed E-state index contributed by atoms with van der Waals surface area (Å²) in [6.45, 7) is 10.5. The van der Waals surface area contributed by atoms with Gasteiger partial charge in [0, 0.05) is 0 Å². The molecule has 0 aliphatic rings. The summed E-state index contributed by atoms with van der Waals surface area (Å²) in [5, 5.41) is 0. The average molecular weight is 689 g/mol.